The maximum Gasteiger partial charge on any atom is 0.166 e. The Balaban J connectivity index is 1.51. The Labute approximate surface area is 188 Å². The predicted octanol–water partition coefficient (Wildman–Crippen LogP) is 4.65. The summed E-state index contributed by atoms with van der Waals surface area (Å²) in [5.41, 5.74) is 0.608. The number of aliphatic hydroxyl groups is 3. The summed E-state index contributed by atoms with van der Waals surface area (Å²) in [5, 5.41) is 31.1. The molecule has 0 aromatic rings. The SMILES string of the molecule is C[C@H](C(O)CC(=O)C(C)(C)O)[C@H]1CC[C@H]2[C@@H]3CC=C4C[C@@H](O)CC[C@]4(C)[C@H]3CC[C@]12C. The number of hydrogen-bond acceptors (Lipinski definition) is 4. The van der Waals surface area contributed by atoms with Crippen molar-refractivity contribution in [3.8, 4) is 0 Å². The van der Waals surface area contributed by atoms with Gasteiger partial charge in [0, 0.05) is 6.42 Å². The minimum atomic E-state index is -1.38. The summed E-state index contributed by atoms with van der Waals surface area (Å²) in [5.74, 6) is 2.32. The van der Waals surface area contributed by atoms with Crippen molar-refractivity contribution in [2.24, 2.45) is 40.4 Å². The minimum absolute atomic E-state index is 0.0421. The van der Waals surface area contributed by atoms with E-state index in [0.29, 0.717) is 23.7 Å². The first-order valence-corrected chi connectivity index (χ1v) is 12.7. The molecule has 0 saturated heterocycles. The number of aliphatic hydroxyl groups excluding tert-OH is 2. The molecule has 0 amide bonds. The second-order valence-electron chi connectivity index (χ2n) is 12.5. The summed E-state index contributed by atoms with van der Waals surface area (Å²) in [6, 6.07) is 0. The standard InChI is InChI=1S/C27H44O4/c1-16(23(29)15-24(30)25(2,3)31)20-8-9-21-19-7-6-17-14-18(28)10-12-26(17,4)22(19)11-13-27(20,21)5/h6,16,18-23,28-29,31H,7-15H2,1-5H3/t16-,18-,19-,20+,21-,22-,23?,26-,27+/m0/s1. The summed E-state index contributed by atoms with van der Waals surface area (Å²) in [6.45, 7) is 10.1. The van der Waals surface area contributed by atoms with Crippen molar-refractivity contribution in [3.63, 3.8) is 0 Å². The lowest BCUT2D eigenvalue weighted by molar-refractivity contribution is -0.137. The molecule has 1 unspecified atom stereocenters. The van der Waals surface area contributed by atoms with Gasteiger partial charge in [-0.2, -0.15) is 0 Å². The topological polar surface area (TPSA) is 77.8 Å². The summed E-state index contributed by atoms with van der Waals surface area (Å²) in [6.07, 6.45) is 10.5. The van der Waals surface area contributed by atoms with Gasteiger partial charge in [-0.15, -0.1) is 0 Å². The predicted molar refractivity (Wildman–Crippen MR) is 122 cm³/mol. The van der Waals surface area contributed by atoms with E-state index in [-0.39, 0.29) is 35.1 Å². The maximum atomic E-state index is 12.3. The van der Waals surface area contributed by atoms with E-state index in [9.17, 15) is 20.1 Å². The Morgan fingerprint density at radius 3 is 2.55 bits per heavy atom. The van der Waals surface area contributed by atoms with Gasteiger partial charge in [-0.3, -0.25) is 4.79 Å². The first-order chi connectivity index (χ1) is 14.4. The molecular formula is C27H44O4. The Morgan fingerprint density at radius 1 is 1.16 bits per heavy atom. The molecule has 0 radical (unpaired) electrons. The maximum absolute atomic E-state index is 12.3. The molecule has 0 bridgehead atoms. The van der Waals surface area contributed by atoms with E-state index >= 15 is 0 Å². The van der Waals surface area contributed by atoms with Gasteiger partial charge in [-0.1, -0.05) is 32.4 Å². The average Bonchev–Trinajstić information content (AvgIpc) is 3.04. The number of Topliss-reactive ketones (excluding diaryl/α,β-unsaturated/α-hetero) is 1. The minimum Gasteiger partial charge on any atom is -0.393 e. The third kappa shape index (κ3) is 3.85. The molecule has 176 valence electrons. The van der Waals surface area contributed by atoms with Crippen molar-refractivity contribution < 1.29 is 20.1 Å². The first-order valence-electron chi connectivity index (χ1n) is 12.7. The Kier molecular flexibility index (Phi) is 6.02. The molecule has 0 aliphatic heterocycles. The second-order valence-corrected chi connectivity index (χ2v) is 12.5. The van der Waals surface area contributed by atoms with Gasteiger partial charge in [0.1, 0.15) is 5.60 Å². The van der Waals surface area contributed by atoms with Crippen LogP contribution in [-0.4, -0.2) is 38.9 Å². The van der Waals surface area contributed by atoms with E-state index in [2.05, 4.69) is 26.8 Å². The molecule has 3 N–H and O–H groups in total. The van der Waals surface area contributed by atoms with Gasteiger partial charge in [-0.05, 0) is 106 Å². The molecule has 4 nitrogen and oxygen atoms in total. The van der Waals surface area contributed by atoms with Crippen LogP contribution in [-0.2, 0) is 4.79 Å². The molecule has 0 spiro atoms. The zero-order valence-corrected chi connectivity index (χ0v) is 20.2. The molecule has 0 aromatic heterocycles. The van der Waals surface area contributed by atoms with Gasteiger partial charge in [0.2, 0.25) is 0 Å². The Bertz CT molecular complexity index is 736. The molecule has 3 fully saturated rings. The van der Waals surface area contributed by atoms with Crippen LogP contribution in [0.5, 0.6) is 0 Å². The third-order valence-electron chi connectivity index (χ3n) is 10.5. The number of ketones is 1. The van der Waals surface area contributed by atoms with Crippen LogP contribution in [0.15, 0.2) is 11.6 Å². The molecule has 3 saturated carbocycles. The van der Waals surface area contributed by atoms with Crippen molar-refractivity contribution in [1.82, 2.24) is 0 Å². The van der Waals surface area contributed by atoms with E-state index in [4.69, 9.17) is 0 Å². The van der Waals surface area contributed by atoms with E-state index in [1.54, 1.807) is 0 Å². The number of fused-ring (bicyclic) bond motifs is 5. The normalized spacial score (nSPS) is 44.5. The van der Waals surface area contributed by atoms with E-state index in [0.717, 1.165) is 32.1 Å². The lowest BCUT2D eigenvalue weighted by atomic mass is 9.47. The lowest BCUT2D eigenvalue weighted by Crippen LogP contribution is -2.51. The highest BCUT2D eigenvalue weighted by atomic mass is 16.3. The van der Waals surface area contributed by atoms with Crippen LogP contribution in [0.3, 0.4) is 0 Å². The van der Waals surface area contributed by atoms with Crippen LogP contribution < -0.4 is 0 Å². The molecule has 4 aliphatic carbocycles. The Morgan fingerprint density at radius 2 is 1.87 bits per heavy atom. The van der Waals surface area contributed by atoms with Gasteiger partial charge >= 0.3 is 0 Å². The van der Waals surface area contributed by atoms with Gasteiger partial charge in [0.25, 0.3) is 0 Å². The van der Waals surface area contributed by atoms with Gasteiger partial charge in [0.05, 0.1) is 12.2 Å². The van der Waals surface area contributed by atoms with Crippen LogP contribution in [0.2, 0.25) is 0 Å². The van der Waals surface area contributed by atoms with Gasteiger partial charge in [-0.25, -0.2) is 0 Å². The summed E-state index contributed by atoms with van der Waals surface area (Å²) >= 11 is 0. The lowest BCUT2D eigenvalue weighted by Gasteiger charge is -2.58. The second kappa shape index (κ2) is 7.95. The van der Waals surface area contributed by atoms with Crippen molar-refractivity contribution in [3.05, 3.63) is 11.6 Å². The van der Waals surface area contributed by atoms with Crippen LogP contribution in [0, 0.1) is 40.4 Å². The summed E-state index contributed by atoms with van der Waals surface area (Å²) < 4.78 is 0. The number of hydrogen-bond donors (Lipinski definition) is 3. The fourth-order valence-electron chi connectivity index (χ4n) is 8.44. The molecule has 4 rings (SSSR count). The van der Waals surface area contributed by atoms with Crippen LogP contribution >= 0.6 is 0 Å². The summed E-state index contributed by atoms with van der Waals surface area (Å²) in [4.78, 5) is 12.3. The van der Waals surface area contributed by atoms with Crippen molar-refractivity contribution in [2.45, 2.75) is 110 Å². The zero-order valence-electron chi connectivity index (χ0n) is 20.2. The van der Waals surface area contributed by atoms with Crippen LogP contribution in [0.25, 0.3) is 0 Å². The van der Waals surface area contributed by atoms with Crippen LogP contribution in [0.4, 0.5) is 0 Å². The van der Waals surface area contributed by atoms with E-state index in [1.165, 1.54) is 38.7 Å². The summed E-state index contributed by atoms with van der Waals surface area (Å²) in [7, 11) is 0. The number of rotatable bonds is 5. The first kappa shape index (κ1) is 23.4. The molecule has 9 atom stereocenters. The van der Waals surface area contributed by atoms with Gasteiger partial charge in [0.15, 0.2) is 5.78 Å². The zero-order chi connectivity index (χ0) is 22.8. The largest absolute Gasteiger partial charge is 0.393 e. The monoisotopic (exact) mass is 432 g/mol. The highest BCUT2D eigenvalue weighted by molar-refractivity contribution is 5.86. The number of carbonyl (C=O) groups is 1. The number of carbonyl (C=O) groups excluding carboxylic acids is 1. The average molecular weight is 433 g/mol. The molecule has 0 aromatic carbocycles. The molecular weight excluding hydrogens is 388 g/mol. The number of allylic oxidation sites excluding steroid dienone is 1. The Hall–Kier alpha value is -0.710. The molecule has 4 heteroatoms. The highest BCUT2D eigenvalue weighted by Gasteiger charge is 2.59. The molecule has 0 heterocycles. The van der Waals surface area contributed by atoms with Crippen LogP contribution in [0.1, 0.15) is 92.4 Å². The molecule has 4 aliphatic rings. The smallest absolute Gasteiger partial charge is 0.166 e. The molecule has 31 heavy (non-hydrogen) atoms. The third-order valence-corrected chi connectivity index (χ3v) is 10.5. The van der Waals surface area contributed by atoms with E-state index in [1.807, 2.05) is 0 Å². The van der Waals surface area contributed by atoms with Gasteiger partial charge < -0.3 is 15.3 Å². The van der Waals surface area contributed by atoms with Crippen molar-refractivity contribution in [1.29, 1.82) is 0 Å². The van der Waals surface area contributed by atoms with E-state index < -0.39 is 11.7 Å². The fourth-order valence-corrected chi connectivity index (χ4v) is 8.44. The van der Waals surface area contributed by atoms with Crippen molar-refractivity contribution in [2.75, 3.05) is 0 Å². The van der Waals surface area contributed by atoms with Crippen molar-refractivity contribution >= 4 is 5.78 Å². The quantitative estimate of drug-likeness (QED) is 0.553. The highest BCUT2D eigenvalue weighted by Crippen LogP contribution is 2.67. The fraction of sp³-hybridized carbons (Fsp3) is 0.889.